The second-order valence-electron chi connectivity index (χ2n) is 13.0. The minimum Gasteiger partial charge on any atom is -0.445 e. The maximum absolute atomic E-state index is 13.8. The summed E-state index contributed by atoms with van der Waals surface area (Å²) in [6.07, 6.45) is 1.60. The van der Waals surface area contributed by atoms with Crippen LogP contribution in [0.5, 0.6) is 0 Å². The summed E-state index contributed by atoms with van der Waals surface area (Å²) in [6.45, 7) is 3.60. The van der Waals surface area contributed by atoms with Crippen LogP contribution in [0.4, 0.5) is 9.59 Å². The standard InChI is InChI=1S/C41H45N5O6/c1-28(2)38(46-41(50)52-27-33-20-19-32-17-9-10-18-35(32)43-33)39(48)45-36(23-30-14-7-4-8-15-30)37(47)24-34(22-29-12-5-3-6-13-29)44-40(49)51-26-31-16-11-21-42-25-31/h3-21,25,28,34,36-38,47H,22-24,26-27H2,1-2H3,(H,44,49)(H,45,48)(H,46,50)/t34-,36-,37-,38-/m0/s1. The van der Waals surface area contributed by atoms with Crippen LogP contribution >= 0.6 is 0 Å². The van der Waals surface area contributed by atoms with E-state index < -0.39 is 42.3 Å². The minimum atomic E-state index is -1.09. The average molecular weight is 704 g/mol. The van der Waals surface area contributed by atoms with Crippen LogP contribution in [0.15, 0.2) is 122 Å². The monoisotopic (exact) mass is 703 g/mol. The third-order valence-electron chi connectivity index (χ3n) is 8.59. The van der Waals surface area contributed by atoms with Crippen LogP contribution in [-0.4, -0.2) is 57.4 Å². The van der Waals surface area contributed by atoms with E-state index in [1.807, 2.05) is 111 Å². The van der Waals surface area contributed by atoms with Gasteiger partial charge in [-0.25, -0.2) is 14.6 Å². The highest BCUT2D eigenvalue weighted by Gasteiger charge is 2.31. The Labute approximate surface area is 303 Å². The molecule has 0 aliphatic carbocycles. The zero-order valence-electron chi connectivity index (χ0n) is 29.4. The predicted molar refractivity (Wildman–Crippen MR) is 198 cm³/mol. The van der Waals surface area contributed by atoms with Gasteiger partial charge >= 0.3 is 12.2 Å². The molecule has 2 heterocycles. The number of aliphatic hydroxyl groups excluding tert-OH is 1. The predicted octanol–water partition coefficient (Wildman–Crippen LogP) is 5.90. The molecule has 11 nitrogen and oxygen atoms in total. The van der Waals surface area contributed by atoms with E-state index in [9.17, 15) is 19.5 Å². The third-order valence-corrected chi connectivity index (χ3v) is 8.59. The highest BCUT2D eigenvalue weighted by Crippen LogP contribution is 2.16. The summed E-state index contributed by atoms with van der Waals surface area (Å²) >= 11 is 0. The van der Waals surface area contributed by atoms with Crippen molar-refractivity contribution in [3.63, 3.8) is 0 Å². The summed E-state index contributed by atoms with van der Waals surface area (Å²) in [7, 11) is 0. The molecule has 5 rings (SSSR count). The number of hydrogen-bond donors (Lipinski definition) is 4. The molecule has 0 radical (unpaired) electrons. The van der Waals surface area contributed by atoms with Crippen molar-refractivity contribution in [1.82, 2.24) is 25.9 Å². The number of pyridine rings is 2. The van der Waals surface area contributed by atoms with Gasteiger partial charge in [-0.3, -0.25) is 9.78 Å². The van der Waals surface area contributed by atoms with Crippen molar-refractivity contribution in [3.05, 3.63) is 144 Å². The molecule has 0 aliphatic heterocycles. The Bertz CT molecular complexity index is 1880. The second-order valence-corrected chi connectivity index (χ2v) is 13.0. The molecule has 11 heteroatoms. The number of benzene rings is 3. The number of ether oxygens (including phenoxy) is 2. The Morgan fingerprint density at radius 3 is 2.02 bits per heavy atom. The van der Waals surface area contributed by atoms with Crippen molar-refractivity contribution >= 4 is 29.0 Å². The first-order chi connectivity index (χ1) is 25.2. The SMILES string of the molecule is CC(C)[C@H](NC(=O)OCc1ccc2ccccc2n1)C(=O)N[C@@H](Cc1ccccc1)[C@@H](O)C[C@H](Cc1ccccc1)NC(=O)OCc1cccnc1. The van der Waals surface area contributed by atoms with Gasteiger partial charge in [-0.2, -0.15) is 0 Å². The molecule has 0 saturated carbocycles. The summed E-state index contributed by atoms with van der Waals surface area (Å²) < 4.78 is 10.9. The molecule has 3 amide bonds. The van der Waals surface area contributed by atoms with Gasteiger partial charge in [-0.05, 0) is 54.5 Å². The lowest BCUT2D eigenvalue weighted by atomic mass is 9.93. The normalized spacial score (nSPS) is 13.4. The number of nitrogens with zero attached hydrogens (tertiary/aromatic N) is 2. The number of fused-ring (bicyclic) bond motifs is 1. The molecule has 0 fully saturated rings. The highest BCUT2D eigenvalue weighted by molar-refractivity contribution is 5.86. The molecule has 4 atom stereocenters. The van der Waals surface area contributed by atoms with Crippen LogP contribution in [0.25, 0.3) is 10.9 Å². The Kier molecular flexibility index (Phi) is 13.7. The Balaban J connectivity index is 1.26. The van der Waals surface area contributed by atoms with Crippen LogP contribution in [0.1, 0.15) is 42.7 Å². The molecule has 52 heavy (non-hydrogen) atoms. The topological polar surface area (TPSA) is 152 Å². The first kappa shape index (κ1) is 37.4. The number of amides is 3. The molecular formula is C41H45N5O6. The lowest BCUT2D eigenvalue weighted by Gasteiger charge is -2.30. The number of carbonyl (C=O) groups is 3. The number of aromatic nitrogens is 2. The number of alkyl carbamates (subject to hydrolysis) is 2. The van der Waals surface area contributed by atoms with Gasteiger partial charge in [0, 0.05) is 29.4 Å². The fourth-order valence-corrected chi connectivity index (χ4v) is 5.84. The van der Waals surface area contributed by atoms with Crippen LogP contribution in [0.2, 0.25) is 0 Å². The van der Waals surface area contributed by atoms with Crippen molar-refractivity contribution in [2.45, 2.75) is 70.6 Å². The summed E-state index contributed by atoms with van der Waals surface area (Å²) in [4.78, 5) is 48.3. The van der Waals surface area contributed by atoms with Crippen LogP contribution in [0.3, 0.4) is 0 Å². The van der Waals surface area contributed by atoms with E-state index in [1.54, 1.807) is 24.5 Å². The van der Waals surface area contributed by atoms with E-state index >= 15 is 0 Å². The molecule has 5 aromatic rings. The van der Waals surface area contributed by atoms with Crippen molar-refractivity contribution in [2.75, 3.05) is 0 Å². The first-order valence-electron chi connectivity index (χ1n) is 17.4. The number of nitrogens with one attached hydrogen (secondary N) is 3. The van der Waals surface area contributed by atoms with Crippen molar-refractivity contribution < 1.29 is 29.0 Å². The van der Waals surface area contributed by atoms with E-state index in [1.165, 1.54) is 0 Å². The van der Waals surface area contributed by atoms with Gasteiger partial charge in [0.05, 0.1) is 23.4 Å². The maximum atomic E-state index is 13.8. The Hall–Kier alpha value is -5.81. The fourth-order valence-electron chi connectivity index (χ4n) is 5.84. The molecule has 270 valence electrons. The molecule has 4 N–H and O–H groups in total. The molecule has 0 unspecified atom stereocenters. The largest absolute Gasteiger partial charge is 0.445 e. The summed E-state index contributed by atoms with van der Waals surface area (Å²) in [5, 5.41) is 21.3. The summed E-state index contributed by atoms with van der Waals surface area (Å²) in [6, 6.07) is 31.8. The van der Waals surface area contributed by atoms with E-state index in [0.29, 0.717) is 18.5 Å². The maximum Gasteiger partial charge on any atom is 0.408 e. The Morgan fingerprint density at radius 2 is 1.33 bits per heavy atom. The van der Waals surface area contributed by atoms with Crippen LogP contribution in [0, 0.1) is 5.92 Å². The van der Waals surface area contributed by atoms with Crippen LogP contribution in [-0.2, 0) is 40.3 Å². The zero-order chi connectivity index (χ0) is 36.7. The smallest absolute Gasteiger partial charge is 0.408 e. The van der Waals surface area contributed by atoms with Crippen molar-refractivity contribution in [2.24, 2.45) is 5.92 Å². The number of rotatable bonds is 16. The van der Waals surface area contributed by atoms with Gasteiger partial charge in [-0.15, -0.1) is 0 Å². The molecular weight excluding hydrogens is 658 g/mol. The van der Waals surface area contributed by atoms with Gasteiger partial charge < -0.3 is 30.5 Å². The summed E-state index contributed by atoms with van der Waals surface area (Å²) in [5.41, 5.74) is 3.95. The first-order valence-corrected chi connectivity index (χ1v) is 17.4. The Morgan fingerprint density at radius 1 is 0.692 bits per heavy atom. The minimum absolute atomic E-state index is 0.0395. The van der Waals surface area contributed by atoms with Gasteiger partial charge in [0.1, 0.15) is 19.3 Å². The highest BCUT2D eigenvalue weighted by atomic mass is 16.6. The van der Waals surface area contributed by atoms with E-state index in [2.05, 4.69) is 25.9 Å². The van der Waals surface area contributed by atoms with E-state index in [0.717, 1.165) is 27.6 Å². The van der Waals surface area contributed by atoms with Gasteiger partial charge in [0.25, 0.3) is 0 Å². The van der Waals surface area contributed by atoms with Crippen LogP contribution < -0.4 is 16.0 Å². The number of carbonyl (C=O) groups excluding carboxylic acids is 3. The third kappa shape index (κ3) is 11.6. The van der Waals surface area contributed by atoms with E-state index in [-0.39, 0.29) is 25.6 Å². The fraction of sp³-hybridized carbons (Fsp3) is 0.293. The van der Waals surface area contributed by atoms with Gasteiger partial charge in [-0.1, -0.05) is 105 Å². The second kappa shape index (κ2) is 19.0. The quantitative estimate of drug-likeness (QED) is 0.0993. The molecule has 0 bridgehead atoms. The van der Waals surface area contributed by atoms with Crippen molar-refractivity contribution in [3.8, 4) is 0 Å². The lowest BCUT2D eigenvalue weighted by molar-refractivity contribution is -0.125. The molecule has 2 aromatic heterocycles. The molecule has 0 saturated heterocycles. The van der Waals surface area contributed by atoms with Gasteiger partial charge in [0.15, 0.2) is 0 Å². The van der Waals surface area contributed by atoms with Gasteiger partial charge in [0.2, 0.25) is 5.91 Å². The number of para-hydroxylation sites is 1. The molecule has 0 spiro atoms. The molecule has 0 aliphatic rings. The van der Waals surface area contributed by atoms with E-state index in [4.69, 9.17) is 9.47 Å². The molecule has 3 aromatic carbocycles. The lowest BCUT2D eigenvalue weighted by Crippen LogP contribution is -2.56. The summed E-state index contributed by atoms with van der Waals surface area (Å²) in [5.74, 6) is -0.776. The number of hydrogen-bond acceptors (Lipinski definition) is 8. The average Bonchev–Trinajstić information content (AvgIpc) is 3.16. The number of aliphatic hydroxyl groups is 1. The zero-order valence-corrected chi connectivity index (χ0v) is 29.4. The van der Waals surface area contributed by atoms with Crippen molar-refractivity contribution in [1.29, 1.82) is 0 Å².